The molecule has 0 unspecified atom stereocenters. The zero-order valence-electron chi connectivity index (χ0n) is 7.53. The molecule has 1 aliphatic rings. The van der Waals surface area contributed by atoms with Gasteiger partial charge >= 0.3 is 0 Å². The Labute approximate surface area is 90.7 Å². The summed E-state index contributed by atoms with van der Waals surface area (Å²) in [6.07, 6.45) is 2.11. The second-order valence-corrected chi connectivity index (χ2v) is 4.30. The van der Waals surface area contributed by atoms with Gasteiger partial charge in [-0.25, -0.2) is 9.97 Å². The Morgan fingerprint density at radius 3 is 3.21 bits per heavy atom. The number of rotatable bonds is 0. The maximum Gasteiger partial charge on any atom is 0.227 e. The van der Waals surface area contributed by atoms with Crippen molar-refractivity contribution in [2.75, 3.05) is 17.7 Å². The van der Waals surface area contributed by atoms with Crippen molar-refractivity contribution in [1.29, 1.82) is 0 Å². The van der Waals surface area contributed by atoms with Gasteiger partial charge in [0.2, 0.25) is 11.2 Å². The Balaban J connectivity index is 2.48. The molecule has 0 bridgehead atoms. The molecule has 1 amide bonds. The van der Waals surface area contributed by atoms with E-state index in [2.05, 4.69) is 9.97 Å². The summed E-state index contributed by atoms with van der Waals surface area (Å²) in [4.78, 5) is 21.0. The molecule has 0 saturated heterocycles. The van der Waals surface area contributed by atoms with Gasteiger partial charge in [0.25, 0.3) is 0 Å². The molecule has 0 aliphatic carbocycles. The molecular formula is C8H8ClN3OS. The summed E-state index contributed by atoms with van der Waals surface area (Å²) in [6, 6.07) is 0. The summed E-state index contributed by atoms with van der Waals surface area (Å²) in [5.74, 6) is 0.825. The molecule has 0 aromatic carbocycles. The van der Waals surface area contributed by atoms with Crippen LogP contribution in [0.15, 0.2) is 11.2 Å². The number of amides is 1. The molecule has 4 nitrogen and oxygen atoms in total. The first kappa shape index (κ1) is 9.73. The van der Waals surface area contributed by atoms with Crippen LogP contribution >= 0.6 is 23.4 Å². The first-order valence-corrected chi connectivity index (χ1v) is 5.47. The Morgan fingerprint density at radius 2 is 2.43 bits per heavy atom. The molecule has 0 fully saturated rings. The highest BCUT2D eigenvalue weighted by Crippen LogP contribution is 2.31. The largest absolute Gasteiger partial charge is 0.312 e. The predicted octanol–water partition coefficient (Wildman–Crippen LogP) is 1.59. The van der Waals surface area contributed by atoms with Crippen molar-refractivity contribution in [2.24, 2.45) is 0 Å². The second-order valence-electron chi connectivity index (χ2n) is 2.88. The van der Waals surface area contributed by atoms with E-state index in [4.69, 9.17) is 11.6 Å². The van der Waals surface area contributed by atoms with Crippen molar-refractivity contribution in [2.45, 2.75) is 11.4 Å². The SMILES string of the molecule is CN1C(=O)CCSc2nc(Cl)ncc21. The summed E-state index contributed by atoms with van der Waals surface area (Å²) >= 11 is 7.21. The minimum Gasteiger partial charge on any atom is -0.312 e. The third kappa shape index (κ3) is 1.69. The van der Waals surface area contributed by atoms with Crippen molar-refractivity contribution in [1.82, 2.24) is 9.97 Å². The predicted molar refractivity (Wildman–Crippen MR) is 55.8 cm³/mol. The Bertz CT molecular complexity index is 385. The molecule has 0 atom stereocenters. The molecule has 0 saturated carbocycles. The minimum absolute atomic E-state index is 0.0853. The number of anilines is 1. The average molecular weight is 230 g/mol. The molecule has 1 aliphatic heterocycles. The van der Waals surface area contributed by atoms with Gasteiger partial charge in [0, 0.05) is 19.2 Å². The van der Waals surface area contributed by atoms with Gasteiger partial charge in [-0.15, -0.1) is 11.8 Å². The third-order valence-corrected chi connectivity index (χ3v) is 3.16. The maximum absolute atomic E-state index is 11.5. The standard InChI is InChI=1S/C8H8ClN3OS/c1-12-5-4-10-8(9)11-7(5)14-3-2-6(12)13/h4H,2-3H2,1H3. The molecule has 0 spiro atoms. The lowest BCUT2D eigenvalue weighted by atomic mass is 10.4. The summed E-state index contributed by atoms with van der Waals surface area (Å²) < 4.78 is 0. The van der Waals surface area contributed by atoms with Crippen LogP contribution in [0.4, 0.5) is 5.69 Å². The Kier molecular flexibility index (Phi) is 2.60. The van der Waals surface area contributed by atoms with E-state index in [0.717, 1.165) is 16.5 Å². The molecule has 74 valence electrons. The molecule has 1 aromatic rings. The van der Waals surface area contributed by atoms with Crippen LogP contribution < -0.4 is 4.90 Å². The number of halogens is 1. The highest BCUT2D eigenvalue weighted by Gasteiger charge is 2.20. The van der Waals surface area contributed by atoms with Crippen LogP contribution in [0, 0.1) is 0 Å². The Morgan fingerprint density at radius 1 is 1.64 bits per heavy atom. The van der Waals surface area contributed by atoms with Gasteiger partial charge < -0.3 is 4.90 Å². The number of carbonyl (C=O) groups is 1. The third-order valence-electron chi connectivity index (χ3n) is 2.00. The van der Waals surface area contributed by atoms with E-state index in [0.29, 0.717) is 6.42 Å². The molecule has 1 aromatic heterocycles. The van der Waals surface area contributed by atoms with Gasteiger partial charge in [-0.3, -0.25) is 4.79 Å². The van der Waals surface area contributed by atoms with Gasteiger partial charge in [0.1, 0.15) is 5.03 Å². The van der Waals surface area contributed by atoms with Crippen LogP contribution in [0.5, 0.6) is 0 Å². The monoisotopic (exact) mass is 229 g/mol. The van der Waals surface area contributed by atoms with Crippen molar-refractivity contribution >= 4 is 35.0 Å². The van der Waals surface area contributed by atoms with Crippen LogP contribution in [0.2, 0.25) is 5.28 Å². The van der Waals surface area contributed by atoms with Gasteiger partial charge in [-0.2, -0.15) is 0 Å². The summed E-state index contributed by atoms with van der Waals surface area (Å²) in [6.45, 7) is 0. The quantitative estimate of drug-likeness (QED) is 0.501. The van der Waals surface area contributed by atoms with E-state index < -0.39 is 0 Å². The van der Waals surface area contributed by atoms with E-state index in [1.807, 2.05) is 0 Å². The second kappa shape index (κ2) is 3.74. The molecule has 0 N–H and O–H groups in total. The lowest BCUT2D eigenvalue weighted by Gasteiger charge is -2.15. The van der Waals surface area contributed by atoms with E-state index in [1.165, 1.54) is 11.8 Å². The van der Waals surface area contributed by atoms with Gasteiger partial charge in [0.05, 0.1) is 11.9 Å². The fraction of sp³-hybridized carbons (Fsp3) is 0.375. The van der Waals surface area contributed by atoms with Gasteiger partial charge in [-0.05, 0) is 11.6 Å². The zero-order chi connectivity index (χ0) is 10.1. The number of fused-ring (bicyclic) bond motifs is 1. The van der Waals surface area contributed by atoms with Crippen molar-refractivity contribution in [3.63, 3.8) is 0 Å². The number of aromatic nitrogens is 2. The molecule has 6 heteroatoms. The molecule has 2 heterocycles. The lowest BCUT2D eigenvalue weighted by molar-refractivity contribution is -0.117. The minimum atomic E-state index is 0.0853. The van der Waals surface area contributed by atoms with Crippen molar-refractivity contribution in [3.05, 3.63) is 11.5 Å². The highest BCUT2D eigenvalue weighted by molar-refractivity contribution is 7.99. The number of hydrogen-bond donors (Lipinski definition) is 0. The topological polar surface area (TPSA) is 46.1 Å². The fourth-order valence-electron chi connectivity index (χ4n) is 1.21. The summed E-state index contributed by atoms with van der Waals surface area (Å²) in [7, 11) is 1.73. The number of hydrogen-bond acceptors (Lipinski definition) is 4. The average Bonchev–Trinajstić information content (AvgIpc) is 2.28. The smallest absolute Gasteiger partial charge is 0.227 e. The fourth-order valence-corrected chi connectivity index (χ4v) is 2.35. The number of nitrogens with zero attached hydrogens (tertiary/aromatic N) is 3. The van der Waals surface area contributed by atoms with Crippen LogP contribution in [0.3, 0.4) is 0 Å². The lowest BCUT2D eigenvalue weighted by Crippen LogP contribution is -2.25. The Hall–Kier alpha value is -0.810. The zero-order valence-corrected chi connectivity index (χ0v) is 9.10. The number of thioether (sulfide) groups is 1. The highest BCUT2D eigenvalue weighted by atomic mass is 35.5. The first-order chi connectivity index (χ1) is 6.68. The normalized spacial score (nSPS) is 16.4. The molecule has 14 heavy (non-hydrogen) atoms. The first-order valence-electron chi connectivity index (χ1n) is 4.10. The maximum atomic E-state index is 11.5. The van der Waals surface area contributed by atoms with E-state index >= 15 is 0 Å². The number of carbonyl (C=O) groups excluding carboxylic acids is 1. The summed E-state index contributed by atoms with van der Waals surface area (Å²) in [5, 5.41) is 0.998. The van der Waals surface area contributed by atoms with Crippen LogP contribution in [0.25, 0.3) is 0 Å². The van der Waals surface area contributed by atoms with E-state index in [-0.39, 0.29) is 11.2 Å². The van der Waals surface area contributed by atoms with Crippen LogP contribution in [-0.4, -0.2) is 28.7 Å². The molecule has 0 radical (unpaired) electrons. The molecule has 2 rings (SSSR count). The van der Waals surface area contributed by atoms with E-state index in [9.17, 15) is 4.79 Å². The van der Waals surface area contributed by atoms with Crippen molar-refractivity contribution < 1.29 is 4.79 Å². The van der Waals surface area contributed by atoms with Crippen LogP contribution in [0.1, 0.15) is 6.42 Å². The summed E-state index contributed by atoms with van der Waals surface area (Å²) in [5.41, 5.74) is 0.738. The van der Waals surface area contributed by atoms with E-state index in [1.54, 1.807) is 18.1 Å². The molecular weight excluding hydrogens is 222 g/mol. The van der Waals surface area contributed by atoms with Gasteiger partial charge in [-0.1, -0.05) is 0 Å². The van der Waals surface area contributed by atoms with Gasteiger partial charge in [0.15, 0.2) is 0 Å². The van der Waals surface area contributed by atoms with Crippen molar-refractivity contribution in [3.8, 4) is 0 Å². The van der Waals surface area contributed by atoms with Crippen LogP contribution in [-0.2, 0) is 4.79 Å².